The molecule has 240 valence electrons. The van der Waals surface area contributed by atoms with Crippen LogP contribution in [0.5, 0.6) is 0 Å². The molecule has 0 atom stereocenters. The number of nitrogens with zero attached hydrogens (tertiary/aromatic N) is 5. The summed E-state index contributed by atoms with van der Waals surface area (Å²) in [5.74, 6) is 0.272. The predicted octanol–water partition coefficient (Wildman–Crippen LogP) is 6.94. The normalized spacial score (nSPS) is 13.8. The fourth-order valence-electron chi connectivity index (χ4n) is 4.80. The van der Waals surface area contributed by atoms with Gasteiger partial charge in [-0.05, 0) is 83.2 Å². The van der Waals surface area contributed by atoms with Crippen molar-refractivity contribution in [3.63, 3.8) is 0 Å². The minimum atomic E-state index is -0.756. The van der Waals surface area contributed by atoms with Crippen molar-refractivity contribution in [1.82, 2.24) is 19.5 Å². The summed E-state index contributed by atoms with van der Waals surface area (Å²) in [6.07, 6.45) is 4.60. The molecule has 1 aromatic carbocycles. The Kier molecular flexibility index (Phi) is 9.70. The van der Waals surface area contributed by atoms with Gasteiger partial charge in [0.15, 0.2) is 5.65 Å². The van der Waals surface area contributed by atoms with E-state index in [4.69, 9.17) is 14.5 Å². The maximum Gasteiger partial charge on any atom is 0.416 e. The number of hydrogen-bond donors (Lipinski definition) is 1. The SMILES string of the molecule is C=CC(=O)Nc1cccc(CN(C(=O)OC(C)(C)C)c2cc(C3=CCN(C(=O)OC(C)(C)C)CC3)nc3c(C(C)C)cnn23)c1. The van der Waals surface area contributed by atoms with Gasteiger partial charge in [-0.3, -0.25) is 9.69 Å². The van der Waals surface area contributed by atoms with Crippen LogP contribution in [-0.2, 0) is 20.8 Å². The monoisotopic (exact) mass is 616 g/mol. The number of fused-ring (bicyclic) bond motifs is 1. The topological polar surface area (TPSA) is 118 Å². The maximum absolute atomic E-state index is 13.9. The number of benzene rings is 1. The molecule has 0 saturated heterocycles. The zero-order valence-corrected chi connectivity index (χ0v) is 27.5. The van der Waals surface area contributed by atoms with Crippen LogP contribution in [0.15, 0.2) is 55.3 Å². The quantitative estimate of drug-likeness (QED) is 0.286. The second-order valence-corrected chi connectivity index (χ2v) is 13.4. The molecule has 0 aliphatic carbocycles. The van der Waals surface area contributed by atoms with Crippen LogP contribution in [0.2, 0.25) is 0 Å². The number of anilines is 2. The third-order valence-electron chi connectivity index (χ3n) is 6.90. The van der Waals surface area contributed by atoms with Crippen molar-refractivity contribution in [1.29, 1.82) is 0 Å². The molecule has 11 nitrogen and oxygen atoms in total. The third-order valence-corrected chi connectivity index (χ3v) is 6.90. The fraction of sp³-hybridized carbons (Fsp3) is 0.441. The molecule has 1 aliphatic heterocycles. The summed E-state index contributed by atoms with van der Waals surface area (Å²) >= 11 is 0. The van der Waals surface area contributed by atoms with Gasteiger partial charge in [0.2, 0.25) is 5.91 Å². The lowest BCUT2D eigenvalue weighted by Gasteiger charge is -2.30. The molecule has 45 heavy (non-hydrogen) atoms. The Morgan fingerprint density at radius 2 is 1.80 bits per heavy atom. The van der Waals surface area contributed by atoms with Crippen LogP contribution >= 0.6 is 0 Å². The van der Waals surface area contributed by atoms with Gasteiger partial charge in [-0.25, -0.2) is 14.6 Å². The molecular formula is C34H44N6O5. The first kappa shape index (κ1) is 33.2. The standard InChI is InChI=1S/C34H44N6O5/c1-10-28(41)36-25-13-11-12-23(18-25)21-39(32(43)45-34(7,8)9)29-19-27(37-30-26(22(2)3)20-35-40(29)30)24-14-16-38(17-15-24)31(42)44-33(4,5)6/h10-14,18-20,22H,1,15-17,21H2,2-9H3,(H,36,41). The van der Waals surface area contributed by atoms with E-state index in [0.29, 0.717) is 42.4 Å². The Balaban J connectivity index is 1.80. The lowest BCUT2D eigenvalue weighted by Crippen LogP contribution is -2.39. The van der Waals surface area contributed by atoms with E-state index < -0.39 is 17.3 Å². The predicted molar refractivity (Wildman–Crippen MR) is 175 cm³/mol. The number of ether oxygens (including phenoxy) is 2. The number of aromatic nitrogens is 3. The zero-order chi connectivity index (χ0) is 33.1. The third kappa shape index (κ3) is 8.49. The van der Waals surface area contributed by atoms with E-state index in [0.717, 1.165) is 16.7 Å². The van der Waals surface area contributed by atoms with E-state index in [9.17, 15) is 14.4 Å². The molecule has 0 fully saturated rings. The van der Waals surface area contributed by atoms with Crippen molar-refractivity contribution in [2.75, 3.05) is 23.3 Å². The number of carbonyl (C=O) groups excluding carboxylic acids is 3. The molecular weight excluding hydrogens is 572 g/mol. The minimum absolute atomic E-state index is 0.126. The van der Waals surface area contributed by atoms with Gasteiger partial charge >= 0.3 is 12.2 Å². The summed E-state index contributed by atoms with van der Waals surface area (Å²) in [4.78, 5) is 46.7. The average Bonchev–Trinajstić information content (AvgIpc) is 3.38. The molecule has 0 saturated carbocycles. The Labute approximate surface area is 264 Å². The van der Waals surface area contributed by atoms with Crippen molar-refractivity contribution in [2.24, 2.45) is 0 Å². The van der Waals surface area contributed by atoms with Crippen LogP contribution in [0, 0.1) is 0 Å². The summed E-state index contributed by atoms with van der Waals surface area (Å²) in [7, 11) is 0. The van der Waals surface area contributed by atoms with Crippen LogP contribution in [0.4, 0.5) is 21.1 Å². The van der Waals surface area contributed by atoms with E-state index in [1.54, 1.807) is 27.7 Å². The molecule has 0 radical (unpaired) electrons. The van der Waals surface area contributed by atoms with Crippen molar-refractivity contribution in [2.45, 2.75) is 85.5 Å². The molecule has 4 rings (SSSR count). The van der Waals surface area contributed by atoms with E-state index in [2.05, 4.69) is 30.8 Å². The van der Waals surface area contributed by atoms with Crippen LogP contribution in [0.3, 0.4) is 0 Å². The molecule has 0 spiro atoms. The lowest BCUT2D eigenvalue weighted by atomic mass is 10.0. The molecule has 1 aliphatic rings. The van der Waals surface area contributed by atoms with Crippen LogP contribution < -0.4 is 10.2 Å². The summed E-state index contributed by atoms with van der Waals surface area (Å²) in [5, 5.41) is 7.42. The van der Waals surface area contributed by atoms with Gasteiger partial charge in [-0.1, -0.05) is 38.6 Å². The summed E-state index contributed by atoms with van der Waals surface area (Å²) in [6.45, 7) is 19.6. The average molecular weight is 617 g/mol. The van der Waals surface area contributed by atoms with Crippen LogP contribution in [-0.4, -0.2) is 61.9 Å². The van der Waals surface area contributed by atoms with Crippen molar-refractivity contribution >= 4 is 40.8 Å². The fourth-order valence-corrected chi connectivity index (χ4v) is 4.80. The van der Waals surface area contributed by atoms with Gasteiger partial charge in [0.05, 0.1) is 18.4 Å². The summed E-state index contributed by atoms with van der Waals surface area (Å²) in [5.41, 5.74) is 3.20. The highest BCUT2D eigenvalue weighted by molar-refractivity contribution is 5.99. The number of nitrogens with one attached hydrogen (secondary N) is 1. The zero-order valence-electron chi connectivity index (χ0n) is 27.5. The van der Waals surface area contributed by atoms with Gasteiger partial charge in [0, 0.05) is 30.4 Å². The highest BCUT2D eigenvalue weighted by Crippen LogP contribution is 2.31. The van der Waals surface area contributed by atoms with Crippen molar-refractivity contribution in [3.05, 3.63) is 72.1 Å². The highest BCUT2D eigenvalue weighted by Gasteiger charge is 2.29. The van der Waals surface area contributed by atoms with E-state index >= 15 is 0 Å². The van der Waals surface area contributed by atoms with E-state index in [-0.39, 0.29) is 24.5 Å². The van der Waals surface area contributed by atoms with E-state index in [1.165, 1.54) is 11.0 Å². The first-order valence-corrected chi connectivity index (χ1v) is 15.1. The lowest BCUT2D eigenvalue weighted by molar-refractivity contribution is -0.111. The molecule has 0 bridgehead atoms. The van der Waals surface area contributed by atoms with Gasteiger partial charge < -0.3 is 19.7 Å². The molecule has 1 N–H and O–H groups in total. The molecule has 2 aromatic heterocycles. The van der Waals surface area contributed by atoms with Crippen LogP contribution in [0.1, 0.15) is 84.5 Å². The van der Waals surface area contributed by atoms with Crippen molar-refractivity contribution < 1.29 is 23.9 Å². The second-order valence-electron chi connectivity index (χ2n) is 13.4. The first-order chi connectivity index (χ1) is 21.0. The molecule has 3 heterocycles. The largest absolute Gasteiger partial charge is 0.444 e. The number of carbonyl (C=O) groups is 3. The van der Waals surface area contributed by atoms with Gasteiger partial charge in [-0.2, -0.15) is 9.61 Å². The number of hydrogen-bond acceptors (Lipinski definition) is 7. The smallest absolute Gasteiger partial charge is 0.416 e. The highest BCUT2D eigenvalue weighted by atomic mass is 16.6. The Bertz CT molecular complexity index is 1630. The Morgan fingerprint density at radius 3 is 2.40 bits per heavy atom. The van der Waals surface area contributed by atoms with Gasteiger partial charge in [0.1, 0.15) is 17.0 Å². The molecule has 11 heteroatoms. The van der Waals surface area contributed by atoms with Crippen molar-refractivity contribution in [3.8, 4) is 0 Å². The van der Waals surface area contributed by atoms with Gasteiger partial charge in [0.25, 0.3) is 0 Å². The summed E-state index contributed by atoms with van der Waals surface area (Å²) in [6, 6.07) is 9.09. The van der Waals surface area contributed by atoms with E-state index in [1.807, 2.05) is 65.8 Å². The molecule has 3 amide bonds. The Morgan fingerprint density at radius 1 is 1.09 bits per heavy atom. The maximum atomic E-state index is 13.9. The summed E-state index contributed by atoms with van der Waals surface area (Å²) < 4.78 is 13.1. The molecule has 0 unspecified atom stereocenters. The number of amides is 3. The molecule has 3 aromatic rings. The van der Waals surface area contributed by atoms with Gasteiger partial charge in [-0.15, -0.1) is 0 Å². The second kappa shape index (κ2) is 13.1. The first-order valence-electron chi connectivity index (χ1n) is 15.1. The van der Waals surface area contributed by atoms with Crippen LogP contribution in [0.25, 0.3) is 11.2 Å². The number of rotatable bonds is 7. The minimum Gasteiger partial charge on any atom is -0.444 e. The Hall–Kier alpha value is -4.67.